The largest absolute Gasteiger partial charge is 0.394 e. The van der Waals surface area contributed by atoms with Gasteiger partial charge < -0.3 is 15.5 Å². The van der Waals surface area contributed by atoms with Crippen molar-refractivity contribution in [2.24, 2.45) is 0 Å². The molecule has 53 heavy (non-hydrogen) atoms. The Hall–Kier alpha value is -2.43. The summed E-state index contributed by atoms with van der Waals surface area (Å²) in [6.45, 7) is 4.15. The van der Waals surface area contributed by atoms with E-state index in [1.165, 1.54) is 109 Å². The highest BCUT2D eigenvalue weighted by Gasteiger charge is 2.17. The quantitative estimate of drug-likeness (QED) is 0.0435. The summed E-state index contributed by atoms with van der Waals surface area (Å²) in [5.41, 5.74) is 0. The van der Waals surface area contributed by atoms with Crippen molar-refractivity contribution in [2.75, 3.05) is 6.61 Å². The fourth-order valence-corrected chi connectivity index (χ4v) is 6.20. The zero-order valence-electron chi connectivity index (χ0n) is 34.8. The van der Waals surface area contributed by atoms with E-state index in [9.17, 15) is 15.0 Å². The minimum atomic E-state index is -0.892. The van der Waals surface area contributed by atoms with Crippen LogP contribution in [-0.4, -0.2) is 34.9 Å². The molecule has 0 aromatic carbocycles. The zero-order valence-corrected chi connectivity index (χ0v) is 34.8. The molecule has 1 amide bonds. The molecule has 0 aliphatic heterocycles. The van der Waals surface area contributed by atoms with Gasteiger partial charge in [0.05, 0.1) is 18.8 Å². The lowest BCUT2D eigenvalue weighted by molar-refractivity contribution is -0.123. The lowest BCUT2D eigenvalue weighted by Crippen LogP contribution is -2.45. The second-order valence-electron chi connectivity index (χ2n) is 14.7. The Morgan fingerprint density at radius 2 is 0.849 bits per heavy atom. The van der Waals surface area contributed by atoms with Gasteiger partial charge in [-0.2, -0.15) is 0 Å². The van der Waals surface area contributed by atoms with Crippen LogP contribution in [0.25, 0.3) is 0 Å². The van der Waals surface area contributed by atoms with Gasteiger partial charge in [-0.25, -0.2) is 0 Å². The molecule has 4 heteroatoms. The van der Waals surface area contributed by atoms with Gasteiger partial charge in [0.25, 0.3) is 0 Å². The highest BCUT2D eigenvalue weighted by molar-refractivity contribution is 5.76. The lowest BCUT2D eigenvalue weighted by atomic mass is 10.0. The third kappa shape index (κ3) is 40.6. The van der Waals surface area contributed by atoms with Crippen LogP contribution < -0.4 is 5.32 Å². The Morgan fingerprint density at radius 1 is 0.472 bits per heavy atom. The van der Waals surface area contributed by atoms with Gasteiger partial charge in [0, 0.05) is 6.42 Å². The summed E-state index contributed by atoms with van der Waals surface area (Å²) in [6, 6.07) is -0.672. The van der Waals surface area contributed by atoms with Crippen LogP contribution in [0.4, 0.5) is 0 Å². The van der Waals surface area contributed by atoms with Crippen molar-refractivity contribution in [1.29, 1.82) is 0 Å². The topological polar surface area (TPSA) is 69.6 Å². The molecule has 0 saturated heterocycles. The maximum atomic E-state index is 12.3. The average molecular weight is 736 g/mol. The van der Waals surface area contributed by atoms with Crippen LogP contribution in [0.5, 0.6) is 0 Å². The van der Waals surface area contributed by atoms with Gasteiger partial charge in [0.2, 0.25) is 5.91 Å². The Kier molecular flexibility index (Phi) is 42.0. The number of nitrogens with one attached hydrogen (secondary N) is 1. The van der Waals surface area contributed by atoms with E-state index in [0.717, 1.165) is 70.6 Å². The van der Waals surface area contributed by atoms with E-state index in [2.05, 4.69) is 92.1 Å². The Balaban J connectivity index is 3.69. The first kappa shape index (κ1) is 50.6. The molecule has 0 saturated carbocycles. The van der Waals surface area contributed by atoms with Crippen LogP contribution in [0.3, 0.4) is 0 Å². The van der Waals surface area contributed by atoms with E-state index in [1.807, 2.05) is 6.08 Å². The maximum Gasteiger partial charge on any atom is 0.220 e. The minimum absolute atomic E-state index is 0.122. The fourth-order valence-electron chi connectivity index (χ4n) is 6.20. The molecule has 0 aliphatic rings. The van der Waals surface area contributed by atoms with Crippen LogP contribution in [0.15, 0.2) is 85.1 Å². The predicted molar refractivity (Wildman–Crippen MR) is 234 cm³/mol. The maximum absolute atomic E-state index is 12.3. The molecule has 0 aromatic rings. The van der Waals surface area contributed by atoms with Gasteiger partial charge in [0.1, 0.15) is 0 Å². The van der Waals surface area contributed by atoms with Crippen molar-refractivity contribution < 1.29 is 15.0 Å². The highest BCUT2D eigenvalue weighted by atomic mass is 16.3. The first-order valence-corrected chi connectivity index (χ1v) is 22.3. The first-order valence-electron chi connectivity index (χ1n) is 22.3. The molecule has 0 rings (SSSR count). The molecule has 0 radical (unpaired) electrons. The Labute approximate surface area is 329 Å². The van der Waals surface area contributed by atoms with Crippen molar-refractivity contribution in [3.05, 3.63) is 85.1 Å². The number of unbranched alkanes of at least 4 members (excludes halogenated alkanes) is 20. The number of aliphatic hydroxyl groups excluding tert-OH is 2. The van der Waals surface area contributed by atoms with Gasteiger partial charge >= 0.3 is 0 Å². The SMILES string of the molecule is CC/C=C\C/C=C\C/C=C\C/C=C\CCCCC(=O)NC(CO)C(O)/C=C/CC/C=C/CC/C=C/CCCCCCCCCCCCCCCCCC. The van der Waals surface area contributed by atoms with E-state index in [0.29, 0.717) is 6.42 Å². The number of carbonyl (C=O) groups excluding carboxylic acids is 1. The number of aliphatic hydroxyl groups is 2. The Bertz CT molecular complexity index is 972. The standard InChI is InChI=1S/C49H85NO3/c1-3-5-7-9-11-13-15-17-19-20-21-22-23-24-25-26-27-28-29-31-32-34-36-38-40-42-44-48(52)47(46-51)50-49(53)45-43-41-39-37-35-33-30-18-16-14-12-10-8-6-4-2/h6,8,12,14,18,28-30,34-37,42,44,47-48,51-52H,3-5,7,9-11,13,15-17,19-27,31-33,38-41,43,45-46H2,1-2H3,(H,50,53)/b8-6-,14-12-,29-28+,30-18-,36-34+,37-35-,44-42+. The summed E-state index contributed by atoms with van der Waals surface area (Å²) >= 11 is 0. The third-order valence-corrected chi connectivity index (χ3v) is 9.59. The normalized spacial score (nSPS) is 13.8. The second-order valence-corrected chi connectivity index (χ2v) is 14.7. The number of hydrogen-bond acceptors (Lipinski definition) is 3. The van der Waals surface area contributed by atoms with E-state index >= 15 is 0 Å². The number of amides is 1. The van der Waals surface area contributed by atoms with E-state index in [1.54, 1.807) is 6.08 Å². The molecule has 0 fully saturated rings. The van der Waals surface area contributed by atoms with Crippen molar-refractivity contribution in [3.8, 4) is 0 Å². The summed E-state index contributed by atoms with van der Waals surface area (Å²) in [4.78, 5) is 12.3. The minimum Gasteiger partial charge on any atom is -0.394 e. The molecule has 304 valence electrons. The molecule has 4 nitrogen and oxygen atoms in total. The van der Waals surface area contributed by atoms with Crippen molar-refractivity contribution >= 4 is 5.91 Å². The summed E-state index contributed by atoms with van der Waals surface area (Å²) < 4.78 is 0. The molecule has 0 bridgehead atoms. The fraction of sp³-hybridized carbons (Fsp3) is 0.694. The molecule has 3 N–H and O–H groups in total. The number of allylic oxidation sites excluding steroid dienone is 13. The molecular weight excluding hydrogens is 651 g/mol. The average Bonchev–Trinajstić information content (AvgIpc) is 3.16. The van der Waals surface area contributed by atoms with Gasteiger partial charge in [-0.05, 0) is 83.5 Å². The van der Waals surface area contributed by atoms with Gasteiger partial charge in [-0.15, -0.1) is 0 Å². The number of hydrogen-bond donors (Lipinski definition) is 3. The van der Waals surface area contributed by atoms with Crippen LogP contribution in [0.1, 0.15) is 200 Å². The smallest absolute Gasteiger partial charge is 0.220 e. The molecule has 0 heterocycles. The van der Waals surface area contributed by atoms with Gasteiger partial charge in [0.15, 0.2) is 0 Å². The van der Waals surface area contributed by atoms with E-state index in [4.69, 9.17) is 0 Å². The summed E-state index contributed by atoms with van der Waals surface area (Å²) in [7, 11) is 0. The number of carbonyl (C=O) groups is 1. The Morgan fingerprint density at radius 3 is 1.32 bits per heavy atom. The van der Waals surface area contributed by atoms with Crippen LogP contribution in [0, 0.1) is 0 Å². The first-order chi connectivity index (χ1) is 26.2. The van der Waals surface area contributed by atoms with E-state index in [-0.39, 0.29) is 12.5 Å². The molecule has 2 unspecified atom stereocenters. The molecule has 2 atom stereocenters. The van der Waals surface area contributed by atoms with Gasteiger partial charge in [-0.3, -0.25) is 4.79 Å². The molecule has 0 aromatic heterocycles. The van der Waals surface area contributed by atoms with Crippen molar-refractivity contribution in [1.82, 2.24) is 5.32 Å². The number of rotatable bonds is 39. The summed E-state index contributed by atoms with van der Waals surface area (Å²) in [6.07, 6.45) is 64.2. The van der Waals surface area contributed by atoms with Crippen molar-refractivity contribution in [3.63, 3.8) is 0 Å². The summed E-state index contributed by atoms with van der Waals surface area (Å²) in [5, 5.41) is 22.9. The predicted octanol–water partition coefficient (Wildman–Crippen LogP) is 14.1. The zero-order chi connectivity index (χ0) is 38.6. The van der Waals surface area contributed by atoms with E-state index < -0.39 is 12.1 Å². The summed E-state index contributed by atoms with van der Waals surface area (Å²) in [5.74, 6) is -0.122. The second kappa shape index (κ2) is 44.0. The van der Waals surface area contributed by atoms with Crippen LogP contribution in [-0.2, 0) is 4.79 Å². The third-order valence-electron chi connectivity index (χ3n) is 9.59. The molecule has 0 spiro atoms. The van der Waals surface area contributed by atoms with Crippen molar-refractivity contribution in [2.45, 2.75) is 212 Å². The monoisotopic (exact) mass is 736 g/mol. The van der Waals surface area contributed by atoms with Gasteiger partial charge in [-0.1, -0.05) is 195 Å². The lowest BCUT2D eigenvalue weighted by Gasteiger charge is -2.19. The molecule has 0 aliphatic carbocycles. The van der Waals surface area contributed by atoms with Crippen LogP contribution in [0.2, 0.25) is 0 Å². The van der Waals surface area contributed by atoms with Crippen LogP contribution >= 0.6 is 0 Å². The highest BCUT2D eigenvalue weighted by Crippen LogP contribution is 2.14. The molecular formula is C49H85NO3.